The third-order valence-corrected chi connectivity index (χ3v) is 5.39. The lowest BCUT2D eigenvalue weighted by Gasteiger charge is -2.35. The zero-order valence-electron chi connectivity index (χ0n) is 14.1. The van der Waals surface area contributed by atoms with Crippen molar-refractivity contribution in [2.45, 2.75) is 32.4 Å². The van der Waals surface area contributed by atoms with Gasteiger partial charge in [-0.25, -0.2) is 0 Å². The van der Waals surface area contributed by atoms with E-state index in [0.29, 0.717) is 51.7 Å². The topological polar surface area (TPSA) is 67.7 Å². The Labute approximate surface area is 141 Å². The van der Waals surface area contributed by atoms with Crippen LogP contribution in [0.5, 0.6) is 0 Å². The van der Waals surface area contributed by atoms with Crippen LogP contribution in [0.25, 0.3) is 0 Å². The summed E-state index contributed by atoms with van der Waals surface area (Å²) in [6, 6.07) is 1.87. The van der Waals surface area contributed by atoms with Crippen LogP contribution in [0.1, 0.15) is 31.5 Å². The minimum absolute atomic E-state index is 0.0721. The van der Waals surface area contributed by atoms with E-state index in [-0.39, 0.29) is 23.8 Å². The van der Waals surface area contributed by atoms with Crippen LogP contribution in [-0.4, -0.2) is 64.2 Å². The molecule has 0 radical (unpaired) electrons. The average Bonchev–Trinajstić information content (AvgIpc) is 3.13. The summed E-state index contributed by atoms with van der Waals surface area (Å²) in [7, 11) is 0. The van der Waals surface area contributed by atoms with Gasteiger partial charge in [0.1, 0.15) is 0 Å². The van der Waals surface area contributed by atoms with Crippen molar-refractivity contribution in [2.75, 3.05) is 32.8 Å². The standard InChI is InChI=1S/C17H24N4O3/c1-12-8-15(12)17(23)20-10-13-2-3-18-21(13)14(11-20)9-16(22)19-4-6-24-7-5-19/h2-3,12,14-15H,4-11H2,1H3/t12-,14-,15+/m1/s1. The number of amides is 2. The van der Waals surface area contributed by atoms with Crippen molar-refractivity contribution in [1.82, 2.24) is 19.6 Å². The Kier molecular flexibility index (Phi) is 4.04. The van der Waals surface area contributed by atoms with Gasteiger partial charge in [-0.3, -0.25) is 14.3 Å². The molecule has 7 nitrogen and oxygen atoms in total. The van der Waals surface area contributed by atoms with E-state index in [1.807, 2.05) is 20.5 Å². The summed E-state index contributed by atoms with van der Waals surface area (Å²) >= 11 is 0. The second kappa shape index (κ2) is 6.20. The van der Waals surface area contributed by atoms with Crippen LogP contribution in [0.3, 0.4) is 0 Å². The number of ether oxygens (including phenoxy) is 1. The summed E-state index contributed by atoms with van der Waals surface area (Å²) in [6.45, 7) is 5.81. The van der Waals surface area contributed by atoms with E-state index in [2.05, 4.69) is 12.0 Å². The molecule has 0 N–H and O–H groups in total. The third-order valence-electron chi connectivity index (χ3n) is 5.39. The molecule has 1 aromatic heterocycles. The highest BCUT2D eigenvalue weighted by molar-refractivity contribution is 5.82. The van der Waals surface area contributed by atoms with Crippen molar-refractivity contribution in [3.05, 3.63) is 18.0 Å². The number of carbonyl (C=O) groups is 2. The van der Waals surface area contributed by atoms with Crippen molar-refractivity contribution in [3.8, 4) is 0 Å². The molecule has 1 aromatic rings. The summed E-state index contributed by atoms with van der Waals surface area (Å²) in [6.07, 6.45) is 3.14. The van der Waals surface area contributed by atoms with Crippen LogP contribution < -0.4 is 0 Å². The number of fused-ring (bicyclic) bond motifs is 1. The maximum absolute atomic E-state index is 12.6. The molecule has 1 saturated heterocycles. The monoisotopic (exact) mass is 332 g/mol. The highest BCUT2D eigenvalue weighted by Gasteiger charge is 2.43. The van der Waals surface area contributed by atoms with Crippen LogP contribution in [-0.2, 0) is 20.9 Å². The summed E-state index contributed by atoms with van der Waals surface area (Å²) in [4.78, 5) is 29.0. The maximum Gasteiger partial charge on any atom is 0.226 e. The lowest BCUT2D eigenvalue weighted by atomic mass is 10.1. The molecule has 0 bridgehead atoms. The normalized spacial score (nSPS) is 29.3. The summed E-state index contributed by atoms with van der Waals surface area (Å²) < 4.78 is 7.24. The van der Waals surface area contributed by atoms with Gasteiger partial charge in [0.25, 0.3) is 0 Å². The molecular weight excluding hydrogens is 308 g/mol. The molecular formula is C17H24N4O3. The van der Waals surface area contributed by atoms with Gasteiger partial charge in [-0.1, -0.05) is 6.92 Å². The average molecular weight is 332 g/mol. The summed E-state index contributed by atoms with van der Waals surface area (Å²) in [5.74, 6) is 1.03. The van der Waals surface area contributed by atoms with Crippen LogP contribution in [0.2, 0.25) is 0 Å². The third kappa shape index (κ3) is 2.92. The predicted octanol–water partition coefficient (Wildman–Crippen LogP) is 0.671. The lowest BCUT2D eigenvalue weighted by Crippen LogP contribution is -2.46. The first-order valence-electron chi connectivity index (χ1n) is 8.80. The highest BCUT2D eigenvalue weighted by Crippen LogP contribution is 2.40. The minimum Gasteiger partial charge on any atom is -0.378 e. The van der Waals surface area contributed by atoms with Gasteiger partial charge >= 0.3 is 0 Å². The largest absolute Gasteiger partial charge is 0.378 e. The van der Waals surface area contributed by atoms with E-state index < -0.39 is 0 Å². The molecule has 130 valence electrons. The SMILES string of the molecule is C[C@@H]1C[C@@H]1C(=O)N1Cc2ccnn2[C@H](CC(=O)N2CCOCC2)C1. The predicted molar refractivity (Wildman–Crippen MR) is 86.0 cm³/mol. The molecule has 0 unspecified atom stereocenters. The van der Waals surface area contributed by atoms with E-state index in [1.165, 1.54) is 0 Å². The van der Waals surface area contributed by atoms with Gasteiger partial charge in [0.2, 0.25) is 11.8 Å². The first kappa shape index (κ1) is 15.6. The Morgan fingerprint density at radius 3 is 2.75 bits per heavy atom. The Hall–Kier alpha value is -1.89. The Bertz CT molecular complexity index is 638. The fourth-order valence-electron chi connectivity index (χ4n) is 3.75. The Balaban J connectivity index is 1.47. The van der Waals surface area contributed by atoms with Gasteiger partial charge in [-0.15, -0.1) is 0 Å². The number of nitrogens with zero attached hydrogens (tertiary/aromatic N) is 4. The van der Waals surface area contributed by atoms with E-state index in [0.717, 1.165) is 12.1 Å². The van der Waals surface area contributed by atoms with E-state index in [1.54, 1.807) is 6.20 Å². The smallest absolute Gasteiger partial charge is 0.226 e. The van der Waals surface area contributed by atoms with Crippen molar-refractivity contribution < 1.29 is 14.3 Å². The number of morpholine rings is 1. The molecule has 7 heteroatoms. The molecule has 2 amide bonds. The van der Waals surface area contributed by atoms with Crippen molar-refractivity contribution in [1.29, 1.82) is 0 Å². The van der Waals surface area contributed by atoms with Crippen LogP contribution in [0.4, 0.5) is 0 Å². The first-order valence-corrected chi connectivity index (χ1v) is 8.80. The fraction of sp³-hybridized carbons (Fsp3) is 0.706. The number of aromatic nitrogens is 2. The zero-order chi connectivity index (χ0) is 16.7. The van der Waals surface area contributed by atoms with Gasteiger partial charge < -0.3 is 14.5 Å². The molecule has 3 aliphatic rings. The number of hydrogen-bond donors (Lipinski definition) is 0. The molecule has 2 aliphatic heterocycles. The van der Waals surface area contributed by atoms with Gasteiger partial charge in [-0.2, -0.15) is 5.10 Å². The number of hydrogen-bond acceptors (Lipinski definition) is 4. The Morgan fingerprint density at radius 2 is 2.04 bits per heavy atom. The molecule has 3 heterocycles. The van der Waals surface area contributed by atoms with Gasteiger partial charge in [0.05, 0.1) is 37.9 Å². The molecule has 24 heavy (non-hydrogen) atoms. The van der Waals surface area contributed by atoms with Crippen LogP contribution >= 0.6 is 0 Å². The summed E-state index contributed by atoms with van der Waals surface area (Å²) in [5, 5.41) is 4.39. The van der Waals surface area contributed by atoms with Gasteiger partial charge in [0, 0.05) is 31.7 Å². The van der Waals surface area contributed by atoms with Crippen molar-refractivity contribution >= 4 is 11.8 Å². The van der Waals surface area contributed by atoms with Gasteiger partial charge in [0.15, 0.2) is 0 Å². The lowest BCUT2D eigenvalue weighted by molar-refractivity contribution is -0.139. The van der Waals surface area contributed by atoms with Crippen molar-refractivity contribution in [2.24, 2.45) is 11.8 Å². The van der Waals surface area contributed by atoms with E-state index in [9.17, 15) is 9.59 Å². The number of carbonyl (C=O) groups excluding carboxylic acids is 2. The molecule has 2 fully saturated rings. The molecule has 4 rings (SSSR count). The summed E-state index contributed by atoms with van der Waals surface area (Å²) in [5.41, 5.74) is 1.02. The van der Waals surface area contributed by atoms with E-state index >= 15 is 0 Å². The first-order chi connectivity index (χ1) is 11.6. The molecule has 1 aliphatic carbocycles. The fourth-order valence-corrected chi connectivity index (χ4v) is 3.75. The highest BCUT2D eigenvalue weighted by atomic mass is 16.5. The molecule has 0 spiro atoms. The molecule has 1 saturated carbocycles. The molecule has 0 aromatic carbocycles. The van der Waals surface area contributed by atoms with Gasteiger partial charge in [-0.05, 0) is 18.4 Å². The van der Waals surface area contributed by atoms with Crippen LogP contribution in [0, 0.1) is 11.8 Å². The minimum atomic E-state index is -0.0721. The quantitative estimate of drug-likeness (QED) is 0.816. The van der Waals surface area contributed by atoms with E-state index in [4.69, 9.17) is 4.74 Å². The maximum atomic E-state index is 12.6. The van der Waals surface area contributed by atoms with Crippen LogP contribution in [0.15, 0.2) is 12.3 Å². The zero-order valence-corrected chi connectivity index (χ0v) is 14.1. The number of rotatable bonds is 3. The second-order valence-electron chi connectivity index (χ2n) is 7.16. The van der Waals surface area contributed by atoms with Crippen molar-refractivity contribution in [3.63, 3.8) is 0 Å². The second-order valence-corrected chi connectivity index (χ2v) is 7.16. The molecule has 3 atom stereocenters. The Morgan fingerprint density at radius 1 is 1.29 bits per heavy atom.